The minimum atomic E-state index is 0.852. The summed E-state index contributed by atoms with van der Waals surface area (Å²) >= 11 is 1.84. The molecule has 2 aromatic heterocycles. The SMILES string of the molecule is c1ccc(N(c2ccccc2)c2cccc(-c3cc(N(c4ccccc4)c4ccc5sc6ccccc6c5c4)cc4oc5ccccc5c34)c2)cc1. The van der Waals surface area contributed by atoms with Crippen molar-refractivity contribution in [2.75, 3.05) is 9.80 Å². The number of hydrogen-bond acceptors (Lipinski definition) is 4. The van der Waals surface area contributed by atoms with Crippen LogP contribution in [-0.4, -0.2) is 0 Å². The van der Waals surface area contributed by atoms with Gasteiger partial charge in [-0.25, -0.2) is 0 Å². The molecule has 0 spiro atoms. The fourth-order valence-corrected chi connectivity index (χ4v) is 8.57. The van der Waals surface area contributed by atoms with E-state index in [0.717, 1.165) is 67.2 Å². The molecular weight excluding hydrogens is 653 g/mol. The van der Waals surface area contributed by atoms with Gasteiger partial charge in [0.25, 0.3) is 0 Å². The topological polar surface area (TPSA) is 19.6 Å². The van der Waals surface area contributed by atoms with Gasteiger partial charge in [0.05, 0.1) is 5.69 Å². The molecule has 8 aromatic carbocycles. The molecule has 0 fully saturated rings. The Morgan fingerprint density at radius 3 is 1.62 bits per heavy atom. The predicted octanol–water partition coefficient (Wildman–Crippen LogP) is 14.6. The molecule has 0 radical (unpaired) electrons. The van der Waals surface area contributed by atoms with Crippen molar-refractivity contribution >= 4 is 87.6 Å². The maximum Gasteiger partial charge on any atom is 0.138 e. The molecule has 3 nitrogen and oxygen atoms in total. The number of furan rings is 1. The van der Waals surface area contributed by atoms with Gasteiger partial charge in [0.15, 0.2) is 0 Å². The fourth-order valence-electron chi connectivity index (χ4n) is 7.49. The molecule has 0 saturated carbocycles. The van der Waals surface area contributed by atoms with E-state index in [2.05, 4.69) is 198 Å². The zero-order valence-corrected chi connectivity index (χ0v) is 29.0. The molecule has 0 saturated heterocycles. The Bertz CT molecular complexity index is 2820. The van der Waals surface area contributed by atoms with Gasteiger partial charge in [0, 0.05) is 65.4 Å². The first kappa shape index (κ1) is 30.2. The number of para-hydroxylation sites is 4. The summed E-state index contributed by atoms with van der Waals surface area (Å²) in [5.74, 6) is 0. The summed E-state index contributed by atoms with van der Waals surface area (Å²) < 4.78 is 9.25. The minimum Gasteiger partial charge on any atom is -0.456 e. The molecule has 246 valence electrons. The van der Waals surface area contributed by atoms with Crippen LogP contribution in [0.25, 0.3) is 53.2 Å². The van der Waals surface area contributed by atoms with Crippen molar-refractivity contribution in [1.82, 2.24) is 0 Å². The van der Waals surface area contributed by atoms with Crippen molar-refractivity contribution in [3.63, 3.8) is 0 Å². The molecule has 0 bridgehead atoms. The van der Waals surface area contributed by atoms with E-state index in [9.17, 15) is 0 Å². The lowest BCUT2D eigenvalue weighted by Gasteiger charge is -2.27. The second-order valence-corrected chi connectivity index (χ2v) is 14.1. The standard InChI is InChI=1S/C48H32N2OS/c1-4-16-34(17-5-1)49(35-18-6-2-7-19-35)37-22-14-15-33(29-37)42-31-39(32-45-48(42)41-24-10-12-25-44(41)51-45)50(36-20-8-3-9-21-36)38-27-28-47-43(30-38)40-23-11-13-26-46(40)52-47/h1-32H. The van der Waals surface area contributed by atoms with Crippen LogP contribution in [0.2, 0.25) is 0 Å². The van der Waals surface area contributed by atoms with Gasteiger partial charge in [-0.3, -0.25) is 0 Å². The number of hydrogen-bond donors (Lipinski definition) is 0. The first-order chi connectivity index (χ1) is 25.8. The Kier molecular flexibility index (Phi) is 7.33. The van der Waals surface area contributed by atoms with Crippen LogP contribution in [0.4, 0.5) is 34.1 Å². The zero-order valence-electron chi connectivity index (χ0n) is 28.2. The van der Waals surface area contributed by atoms with Crippen molar-refractivity contribution in [2.24, 2.45) is 0 Å². The van der Waals surface area contributed by atoms with Crippen LogP contribution < -0.4 is 9.80 Å². The molecule has 0 aliphatic carbocycles. The van der Waals surface area contributed by atoms with Crippen molar-refractivity contribution < 1.29 is 4.42 Å². The number of rotatable bonds is 7. The Balaban J connectivity index is 1.21. The van der Waals surface area contributed by atoms with Gasteiger partial charge in [-0.1, -0.05) is 103 Å². The highest BCUT2D eigenvalue weighted by Crippen LogP contribution is 2.46. The van der Waals surface area contributed by atoms with Gasteiger partial charge < -0.3 is 14.2 Å². The molecular formula is C48H32N2OS. The largest absolute Gasteiger partial charge is 0.456 e. The van der Waals surface area contributed by atoms with E-state index in [-0.39, 0.29) is 0 Å². The van der Waals surface area contributed by atoms with Gasteiger partial charge in [-0.05, 0) is 96.1 Å². The molecule has 0 unspecified atom stereocenters. The average Bonchev–Trinajstić information content (AvgIpc) is 3.77. The molecule has 0 amide bonds. The lowest BCUT2D eigenvalue weighted by molar-refractivity contribution is 0.669. The van der Waals surface area contributed by atoms with E-state index in [1.165, 1.54) is 20.2 Å². The third kappa shape index (κ3) is 5.20. The number of benzene rings is 8. The molecule has 0 atom stereocenters. The van der Waals surface area contributed by atoms with E-state index in [1.807, 2.05) is 17.4 Å². The van der Waals surface area contributed by atoms with Crippen LogP contribution in [0.15, 0.2) is 199 Å². The summed E-state index contributed by atoms with van der Waals surface area (Å²) in [5.41, 5.74) is 10.4. The van der Waals surface area contributed by atoms with Crippen molar-refractivity contribution in [3.8, 4) is 11.1 Å². The monoisotopic (exact) mass is 684 g/mol. The molecule has 0 N–H and O–H groups in total. The van der Waals surface area contributed by atoms with Gasteiger partial charge in [0.1, 0.15) is 11.2 Å². The van der Waals surface area contributed by atoms with Gasteiger partial charge in [-0.15, -0.1) is 11.3 Å². The lowest BCUT2D eigenvalue weighted by Crippen LogP contribution is -2.10. The minimum absolute atomic E-state index is 0.852. The molecule has 0 aliphatic heterocycles. The average molecular weight is 685 g/mol. The molecule has 10 aromatic rings. The summed E-state index contributed by atoms with van der Waals surface area (Å²) in [6.07, 6.45) is 0. The summed E-state index contributed by atoms with van der Waals surface area (Å²) in [5, 5.41) is 4.75. The van der Waals surface area contributed by atoms with Crippen LogP contribution >= 0.6 is 11.3 Å². The molecule has 0 aliphatic rings. The Morgan fingerprint density at radius 2 is 0.904 bits per heavy atom. The van der Waals surface area contributed by atoms with E-state index >= 15 is 0 Å². The third-order valence-electron chi connectivity index (χ3n) is 9.80. The quantitative estimate of drug-likeness (QED) is 0.167. The number of nitrogens with zero attached hydrogens (tertiary/aromatic N) is 2. The van der Waals surface area contributed by atoms with Crippen LogP contribution in [0.3, 0.4) is 0 Å². The third-order valence-corrected chi connectivity index (χ3v) is 11.0. The van der Waals surface area contributed by atoms with Gasteiger partial charge in [-0.2, -0.15) is 0 Å². The molecule has 10 rings (SSSR count). The number of anilines is 6. The highest BCUT2D eigenvalue weighted by Gasteiger charge is 2.21. The maximum atomic E-state index is 6.67. The number of fused-ring (bicyclic) bond motifs is 6. The Labute approximate surface area is 305 Å². The van der Waals surface area contributed by atoms with Crippen molar-refractivity contribution in [3.05, 3.63) is 194 Å². The molecule has 2 heterocycles. The van der Waals surface area contributed by atoms with Gasteiger partial charge >= 0.3 is 0 Å². The zero-order chi connectivity index (χ0) is 34.4. The highest BCUT2D eigenvalue weighted by atomic mass is 32.1. The summed E-state index contributed by atoms with van der Waals surface area (Å²) in [6, 6.07) is 69.0. The first-order valence-corrected chi connectivity index (χ1v) is 18.3. The van der Waals surface area contributed by atoms with Crippen LogP contribution in [-0.2, 0) is 0 Å². The van der Waals surface area contributed by atoms with E-state index in [0.29, 0.717) is 0 Å². The van der Waals surface area contributed by atoms with Crippen LogP contribution in [0, 0.1) is 0 Å². The molecule has 52 heavy (non-hydrogen) atoms. The summed E-state index contributed by atoms with van der Waals surface area (Å²) in [6.45, 7) is 0. The highest BCUT2D eigenvalue weighted by molar-refractivity contribution is 7.25. The fraction of sp³-hybridized carbons (Fsp3) is 0. The summed E-state index contributed by atoms with van der Waals surface area (Å²) in [4.78, 5) is 4.67. The van der Waals surface area contributed by atoms with E-state index < -0.39 is 0 Å². The van der Waals surface area contributed by atoms with E-state index in [4.69, 9.17) is 4.42 Å². The molecule has 4 heteroatoms. The van der Waals surface area contributed by atoms with Gasteiger partial charge in [0.2, 0.25) is 0 Å². The van der Waals surface area contributed by atoms with Crippen LogP contribution in [0.5, 0.6) is 0 Å². The second-order valence-electron chi connectivity index (χ2n) is 13.0. The Morgan fingerprint density at radius 1 is 0.346 bits per heavy atom. The van der Waals surface area contributed by atoms with Crippen LogP contribution in [0.1, 0.15) is 0 Å². The Hall–Kier alpha value is -6.62. The first-order valence-electron chi connectivity index (χ1n) is 17.5. The maximum absolute atomic E-state index is 6.67. The predicted molar refractivity (Wildman–Crippen MR) is 221 cm³/mol. The second kappa shape index (κ2) is 12.6. The van der Waals surface area contributed by atoms with E-state index in [1.54, 1.807) is 0 Å². The lowest BCUT2D eigenvalue weighted by atomic mass is 9.97. The normalized spacial score (nSPS) is 11.5. The number of thiophene rings is 1. The summed E-state index contributed by atoms with van der Waals surface area (Å²) in [7, 11) is 0. The smallest absolute Gasteiger partial charge is 0.138 e. The van der Waals surface area contributed by atoms with Crippen molar-refractivity contribution in [2.45, 2.75) is 0 Å². The van der Waals surface area contributed by atoms with Crippen molar-refractivity contribution in [1.29, 1.82) is 0 Å².